The van der Waals surface area contributed by atoms with Gasteiger partial charge >= 0.3 is 0 Å². The van der Waals surface area contributed by atoms with Crippen LogP contribution in [-0.4, -0.2) is 11.3 Å². The molecule has 0 unspecified atom stereocenters. The smallest absolute Gasteiger partial charge is 0.206 e. The van der Waals surface area contributed by atoms with E-state index in [0.717, 1.165) is 5.39 Å². The summed E-state index contributed by atoms with van der Waals surface area (Å²) < 4.78 is 18.4. The summed E-state index contributed by atoms with van der Waals surface area (Å²) in [5.74, 6) is -0.320. The Morgan fingerprint density at radius 1 is 1.27 bits per heavy atom. The quantitative estimate of drug-likeness (QED) is 0.618. The number of hydrogen-bond acceptors (Lipinski definition) is 2. The van der Waals surface area contributed by atoms with Crippen molar-refractivity contribution in [2.24, 2.45) is 0 Å². The van der Waals surface area contributed by atoms with Gasteiger partial charge in [0.15, 0.2) is 6.29 Å². The van der Waals surface area contributed by atoms with Crippen molar-refractivity contribution in [3.8, 4) is 0 Å². The molecule has 3 rings (SSSR count). The third-order valence-electron chi connectivity index (χ3n) is 2.37. The Morgan fingerprint density at radius 2 is 2.13 bits per heavy atom. The van der Waals surface area contributed by atoms with Crippen molar-refractivity contribution >= 4 is 28.4 Å². The molecule has 0 spiro atoms. The van der Waals surface area contributed by atoms with E-state index in [9.17, 15) is 9.18 Å². The van der Waals surface area contributed by atoms with E-state index >= 15 is 0 Å². The normalized spacial score (nSPS) is 11.3. The Bertz CT molecular complexity index is 666. The standard InChI is InChI=1S/C11H6FNO2/c12-6-1-2-10-8(3-6)9-4-7(5-14)13-11(9)15-10/h1-5,13H. The van der Waals surface area contributed by atoms with Gasteiger partial charge in [0, 0.05) is 10.8 Å². The van der Waals surface area contributed by atoms with Crippen LogP contribution in [0, 0.1) is 5.82 Å². The number of halogens is 1. The van der Waals surface area contributed by atoms with E-state index in [1.165, 1.54) is 12.1 Å². The van der Waals surface area contributed by atoms with Crippen LogP contribution in [0.4, 0.5) is 4.39 Å². The van der Waals surface area contributed by atoms with E-state index in [-0.39, 0.29) is 5.82 Å². The summed E-state index contributed by atoms with van der Waals surface area (Å²) in [5.41, 5.74) is 1.53. The van der Waals surface area contributed by atoms with Gasteiger partial charge in [0.25, 0.3) is 0 Å². The van der Waals surface area contributed by atoms with Crippen LogP contribution in [0.5, 0.6) is 0 Å². The third-order valence-corrected chi connectivity index (χ3v) is 2.37. The number of aromatic amines is 1. The Labute approximate surface area is 83.5 Å². The predicted octanol–water partition coefficient (Wildman–Crippen LogP) is 2.87. The first kappa shape index (κ1) is 8.23. The average Bonchev–Trinajstić information content (AvgIpc) is 2.75. The molecule has 3 nitrogen and oxygen atoms in total. The molecule has 4 heteroatoms. The molecular formula is C11H6FNO2. The first-order valence-electron chi connectivity index (χ1n) is 4.44. The van der Waals surface area contributed by atoms with Crippen LogP contribution in [0.1, 0.15) is 10.5 Å². The highest BCUT2D eigenvalue weighted by Gasteiger charge is 2.10. The largest absolute Gasteiger partial charge is 0.440 e. The van der Waals surface area contributed by atoms with Gasteiger partial charge in [-0.25, -0.2) is 4.39 Å². The van der Waals surface area contributed by atoms with Crippen LogP contribution in [0.25, 0.3) is 22.1 Å². The van der Waals surface area contributed by atoms with Gasteiger partial charge in [0.2, 0.25) is 5.71 Å². The van der Waals surface area contributed by atoms with Crippen LogP contribution in [-0.2, 0) is 0 Å². The zero-order valence-electron chi connectivity index (χ0n) is 7.58. The van der Waals surface area contributed by atoms with E-state index in [0.29, 0.717) is 28.7 Å². The van der Waals surface area contributed by atoms with Gasteiger partial charge in [-0.2, -0.15) is 0 Å². The van der Waals surface area contributed by atoms with E-state index in [2.05, 4.69) is 4.98 Å². The van der Waals surface area contributed by atoms with Crippen LogP contribution in [0.3, 0.4) is 0 Å². The number of aldehydes is 1. The van der Waals surface area contributed by atoms with E-state index in [4.69, 9.17) is 4.42 Å². The molecule has 2 heterocycles. The summed E-state index contributed by atoms with van der Waals surface area (Å²) in [6.07, 6.45) is 0.695. The molecule has 0 aliphatic rings. The van der Waals surface area contributed by atoms with Gasteiger partial charge in [-0.1, -0.05) is 0 Å². The maximum absolute atomic E-state index is 13.0. The number of hydrogen-bond donors (Lipinski definition) is 1. The number of furan rings is 1. The van der Waals surface area contributed by atoms with Crippen LogP contribution in [0.2, 0.25) is 0 Å². The maximum atomic E-state index is 13.0. The van der Waals surface area contributed by atoms with Gasteiger partial charge in [0.05, 0.1) is 5.69 Å². The molecule has 1 N–H and O–H groups in total. The number of H-pyrrole nitrogens is 1. The lowest BCUT2D eigenvalue weighted by Crippen LogP contribution is -1.75. The molecule has 0 bridgehead atoms. The SMILES string of the molecule is O=Cc1cc2c([nH]1)oc1ccc(F)cc12. The fourth-order valence-corrected chi connectivity index (χ4v) is 1.71. The lowest BCUT2D eigenvalue weighted by atomic mass is 10.2. The highest BCUT2D eigenvalue weighted by molar-refractivity contribution is 6.05. The zero-order valence-corrected chi connectivity index (χ0v) is 7.58. The molecular weight excluding hydrogens is 197 g/mol. The number of aromatic nitrogens is 1. The topological polar surface area (TPSA) is 46.0 Å². The molecule has 0 radical (unpaired) electrons. The first-order valence-corrected chi connectivity index (χ1v) is 4.44. The lowest BCUT2D eigenvalue weighted by Gasteiger charge is -1.88. The molecule has 15 heavy (non-hydrogen) atoms. The molecule has 0 saturated heterocycles. The molecule has 0 atom stereocenters. The highest BCUT2D eigenvalue weighted by atomic mass is 19.1. The van der Waals surface area contributed by atoms with Crippen LogP contribution < -0.4 is 0 Å². The van der Waals surface area contributed by atoms with Gasteiger partial charge in [0.1, 0.15) is 11.4 Å². The molecule has 2 aromatic heterocycles. The summed E-state index contributed by atoms with van der Waals surface area (Å²) in [5, 5.41) is 1.40. The second kappa shape index (κ2) is 2.70. The highest BCUT2D eigenvalue weighted by Crippen LogP contribution is 2.29. The molecule has 0 aliphatic carbocycles. The van der Waals surface area contributed by atoms with E-state index in [1.807, 2.05) is 0 Å². The predicted molar refractivity (Wildman–Crippen MR) is 53.4 cm³/mol. The Kier molecular flexibility index (Phi) is 1.48. The summed E-state index contributed by atoms with van der Waals surface area (Å²) in [4.78, 5) is 13.3. The van der Waals surface area contributed by atoms with Crippen molar-refractivity contribution in [3.05, 3.63) is 35.8 Å². The molecule has 0 saturated carbocycles. The Balaban J connectivity index is 2.47. The number of carbonyl (C=O) groups excluding carboxylic acids is 1. The fraction of sp³-hybridized carbons (Fsp3) is 0. The molecule has 3 aromatic rings. The van der Waals surface area contributed by atoms with Crippen molar-refractivity contribution in [2.45, 2.75) is 0 Å². The Hall–Kier alpha value is -2.10. The number of rotatable bonds is 1. The minimum atomic E-state index is -0.320. The molecule has 74 valence electrons. The zero-order chi connectivity index (χ0) is 10.4. The molecule has 1 aromatic carbocycles. The van der Waals surface area contributed by atoms with Gasteiger partial charge in [-0.15, -0.1) is 0 Å². The summed E-state index contributed by atoms with van der Waals surface area (Å²) >= 11 is 0. The van der Waals surface area contributed by atoms with E-state index in [1.54, 1.807) is 12.1 Å². The monoisotopic (exact) mass is 203 g/mol. The van der Waals surface area contributed by atoms with Gasteiger partial charge < -0.3 is 9.40 Å². The third kappa shape index (κ3) is 1.08. The first-order chi connectivity index (χ1) is 7.28. The average molecular weight is 203 g/mol. The second-order valence-electron chi connectivity index (χ2n) is 3.33. The van der Waals surface area contributed by atoms with Crippen molar-refractivity contribution in [1.29, 1.82) is 0 Å². The van der Waals surface area contributed by atoms with Crippen molar-refractivity contribution in [2.75, 3.05) is 0 Å². The Morgan fingerprint density at radius 3 is 2.93 bits per heavy atom. The van der Waals surface area contributed by atoms with E-state index < -0.39 is 0 Å². The summed E-state index contributed by atoms with van der Waals surface area (Å²) in [7, 11) is 0. The van der Waals surface area contributed by atoms with Crippen molar-refractivity contribution in [1.82, 2.24) is 4.98 Å². The minimum Gasteiger partial charge on any atom is -0.440 e. The maximum Gasteiger partial charge on any atom is 0.206 e. The van der Waals surface area contributed by atoms with Crippen LogP contribution in [0.15, 0.2) is 28.7 Å². The number of carbonyl (C=O) groups is 1. The fourth-order valence-electron chi connectivity index (χ4n) is 1.71. The van der Waals surface area contributed by atoms with Crippen LogP contribution >= 0.6 is 0 Å². The van der Waals surface area contributed by atoms with Gasteiger partial charge in [-0.05, 0) is 24.3 Å². The summed E-state index contributed by atoms with van der Waals surface area (Å²) in [6, 6.07) is 5.95. The van der Waals surface area contributed by atoms with Crippen molar-refractivity contribution < 1.29 is 13.6 Å². The molecule has 0 amide bonds. The lowest BCUT2D eigenvalue weighted by molar-refractivity contribution is 0.111. The second-order valence-corrected chi connectivity index (χ2v) is 3.33. The van der Waals surface area contributed by atoms with Crippen molar-refractivity contribution in [3.63, 3.8) is 0 Å². The summed E-state index contributed by atoms with van der Waals surface area (Å²) in [6.45, 7) is 0. The molecule has 0 aliphatic heterocycles. The number of fused-ring (bicyclic) bond motifs is 3. The minimum absolute atomic E-state index is 0.320. The van der Waals surface area contributed by atoms with Gasteiger partial charge in [-0.3, -0.25) is 4.79 Å². The molecule has 0 fully saturated rings. The number of nitrogens with one attached hydrogen (secondary N) is 1. The number of benzene rings is 1.